The molecule has 2 unspecified atom stereocenters. The van der Waals surface area contributed by atoms with Crippen LogP contribution in [-0.4, -0.2) is 17.0 Å². The van der Waals surface area contributed by atoms with Crippen LogP contribution in [0.1, 0.15) is 38.8 Å². The Balaban J connectivity index is 2.06. The minimum atomic E-state index is -0.411. The second kappa shape index (κ2) is 7.22. The van der Waals surface area contributed by atoms with Crippen LogP contribution in [0, 0.1) is 0 Å². The number of hydrogen-bond donors (Lipinski definition) is 2. The molecular formula is C16H23N3O. The first kappa shape index (κ1) is 14.8. The molecular weight excluding hydrogens is 250 g/mol. The number of aromatic nitrogens is 1. The number of carbonyl (C=O) groups is 1. The van der Waals surface area contributed by atoms with Crippen molar-refractivity contribution in [3.8, 4) is 0 Å². The highest BCUT2D eigenvalue weighted by Crippen LogP contribution is 2.18. The summed E-state index contributed by atoms with van der Waals surface area (Å²) in [6, 6.07) is 10.0. The van der Waals surface area contributed by atoms with Crippen molar-refractivity contribution in [3.63, 3.8) is 0 Å². The van der Waals surface area contributed by atoms with E-state index >= 15 is 0 Å². The van der Waals surface area contributed by atoms with Crippen molar-refractivity contribution >= 4 is 17.2 Å². The molecule has 0 aliphatic heterocycles. The standard InChI is InChI=1S/C16H23N3O/c1-2-3-4-9-15(17)18-16(12-20)19-11-10-13-7-5-6-8-14(13)19/h5-8,10-12,15-16,18H,2-4,9,17H2,1H3. The Hall–Kier alpha value is -1.65. The summed E-state index contributed by atoms with van der Waals surface area (Å²) in [6.07, 6.45) is 6.59. The lowest BCUT2D eigenvalue weighted by Gasteiger charge is -2.21. The van der Waals surface area contributed by atoms with Crippen LogP contribution in [0.25, 0.3) is 10.9 Å². The molecule has 108 valence electrons. The molecule has 0 aliphatic rings. The highest BCUT2D eigenvalue weighted by atomic mass is 16.1. The van der Waals surface area contributed by atoms with Crippen molar-refractivity contribution in [2.24, 2.45) is 5.73 Å². The van der Waals surface area contributed by atoms with E-state index in [0.717, 1.165) is 30.0 Å². The number of hydrogen-bond acceptors (Lipinski definition) is 3. The van der Waals surface area contributed by atoms with Crippen LogP contribution in [0.5, 0.6) is 0 Å². The third-order valence-corrected chi connectivity index (χ3v) is 3.56. The van der Waals surface area contributed by atoms with Gasteiger partial charge in [0.25, 0.3) is 0 Å². The molecule has 1 heterocycles. The number of rotatable bonds is 8. The van der Waals surface area contributed by atoms with Crippen molar-refractivity contribution in [2.45, 2.75) is 44.9 Å². The molecule has 2 rings (SSSR count). The lowest BCUT2D eigenvalue weighted by molar-refractivity contribution is -0.111. The van der Waals surface area contributed by atoms with Gasteiger partial charge in [-0.1, -0.05) is 44.4 Å². The first-order valence-electron chi connectivity index (χ1n) is 7.28. The maximum absolute atomic E-state index is 11.4. The highest BCUT2D eigenvalue weighted by molar-refractivity contribution is 5.81. The van der Waals surface area contributed by atoms with E-state index < -0.39 is 6.17 Å². The molecule has 1 aromatic heterocycles. The van der Waals surface area contributed by atoms with Crippen LogP contribution in [-0.2, 0) is 4.79 Å². The smallest absolute Gasteiger partial charge is 0.157 e. The monoisotopic (exact) mass is 273 g/mol. The number of fused-ring (bicyclic) bond motifs is 1. The Bertz CT molecular complexity index is 549. The van der Waals surface area contributed by atoms with Gasteiger partial charge < -0.3 is 10.3 Å². The summed E-state index contributed by atoms with van der Waals surface area (Å²) in [5.74, 6) is 0. The Kier molecular flexibility index (Phi) is 5.32. The predicted octanol–water partition coefficient (Wildman–Crippen LogP) is 2.79. The van der Waals surface area contributed by atoms with Gasteiger partial charge in [-0.15, -0.1) is 0 Å². The highest BCUT2D eigenvalue weighted by Gasteiger charge is 2.14. The van der Waals surface area contributed by atoms with Gasteiger partial charge in [0.2, 0.25) is 0 Å². The second-order valence-corrected chi connectivity index (χ2v) is 5.13. The van der Waals surface area contributed by atoms with Gasteiger partial charge in [-0.3, -0.25) is 10.1 Å². The molecule has 2 atom stereocenters. The quantitative estimate of drug-likeness (QED) is 0.442. The second-order valence-electron chi connectivity index (χ2n) is 5.13. The number of carbonyl (C=O) groups excluding carboxylic acids is 1. The van der Waals surface area contributed by atoms with E-state index in [2.05, 4.69) is 12.2 Å². The molecule has 0 radical (unpaired) electrons. The van der Waals surface area contributed by atoms with E-state index in [-0.39, 0.29) is 6.17 Å². The SMILES string of the molecule is CCCCCC(N)NC(C=O)n1ccc2ccccc21. The molecule has 0 bridgehead atoms. The number of nitrogens with zero attached hydrogens (tertiary/aromatic N) is 1. The zero-order valence-electron chi connectivity index (χ0n) is 12.0. The Morgan fingerprint density at radius 2 is 2.10 bits per heavy atom. The zero-order valence-corrected chi connectivity index (χ0v) is 12.0. The average Bonchev–Trinajstić information content (AvgIpc) is 2.89. The first-order chi connectivity index (χ1) is 9.76. The lowest BCUT2D eigenvalue weighted by Crippen LogP contribution is -2.42. The van der Waals surface area contributed by atoms with E-state index in [1.807, 2.05) is 41.1 Å². The van der Waals surface area contributed by atoms with Crippen molar-refractivity contribution in [1.29, 1.82) is 0 Å². The van der Waals surface area contributed by atoms with Gasteiger partial charge >= 0.3 is 0 Å². The molecule has 0 aliphatic carbocycles. The number of nitrogens with one attached hydrogen (secondary N) is 1. The fourth-order valence-electron chi connectivity index (χ4n) is 2.45. The van der Waals surface area contributed by atoms with Crippen LogP contribution in [0.3, 0.4) is 0 Å². The number of para-hydroxylation sites is 1. The van der Waals surface area contributed by atoms with Crippen molar-refractivity contribution in [1.82, 2.24) is 9.88 Å². The minimum absolute atomic E-state index is 0.155. The Labute approximate surface area is 120 Å². The molecule has 0 fully saturated rings. The maximum Gasteiger partial charge on any atom is 0.157 e. The summed E-state index contributed by atoms with van der Waals surface area (Å²) in [5.41, 5.74) is 7.10. The van der Waals surface area contributed by atoms with E-state index in [1.165, 1.54) is 12.8 Å². The summed E-state index contributed by atoms with van der Waals surface area (Å²) >= 11 is 0. The molecule has 0 spiro atoms. The largest absolute Gasteiger partial charge is 0.325 e. The van der Waals surface area contributed by atoms with E-state index in [4.69, 9.17) is 5.73 Å². The molecule has 0 saturated heterocycles. The predicted molar refractivity (Wildman–Crippen MR) is 82.3 cm³/mol. The summed E-state index contributed by atoms with van der Waals surface area (Å²) in [6.45, 7) is 2.17. The number of nitrogens with two attached hydrogens (primary N) is 1. The van der Waals surface area contributed by atoms with Crippen LogP contribution >= 0.6 is 0 Å². The van der Waals surface area contributed by atoms with Gasteiger partial charge in [0.1, 0.15) is 6.17 Å². The van der Waals surface area contributed by atoms with Crippen LogP contribution < -0.4 is 11.1 Å². The van der Waals surface area contributed by atoms with E-state index in [9.17, 15) is 4.79 Å². The van der Waals surface area contributed by atoms with Gasteiger partial charge in [-0.25, -0.2) is 0 Å². The summed E-state index contributed by atoms with van der Waals surface area (Å²) < 4.78 is 1.93. The maximum atomic E-state index is 11.4. The van der Waals surface area contributed by atoms with Gasteiger partial charge in [-0.2, -0.15) is 0 Å². The fourth-order valence-corrected chi connectivity index (χ4v) is 2.45. The first-order valence-corrected chi connectivity index (χ1v) is 7.28. The van der Waals surface area contributed by atoms with E-state index in [1.54, 1.807) is 0 Å². The van der Waals surface area contributed by atoms with Crippen molar-refractivity contribution in [2.75, 3.05) is 0 Å². The zero-order chi connectivity index (χ0) is 14.4. The van der Waals surface area contributed by atoms with Crippen LogP contribution in [0.15, 0.2) is 36.5 Å². The van der Waals surface area contributed by atoms with Gasteiger partial charge in [0.05, 0.1) is 6.17 Å². The Morgan fingerprint density at radius 1 is 1.30 bits per heavy atom. The van der Waals surface area contributed by atoms with Crippen LogP contribution in [0.2, 0.25) is 0 Å². The van der Waals surface area contributed by atoms with Crippen molar-refractivity contribution < 1.29 is 4.79 Å². The van der Waals surface area contributed by atoms with Crippen molar-refractivity contribution in [3.05, 3.63) is 36.5 Å². The van der Waals surface area contributed by atoms with Gasteiger partial charge in [-0.05, 0) is 23.9 Å². The third-order valence-electron chi connectivity index (χ3n) is 3.56. The molecule has 3 N–H and O–H groups in total. The van der Waals surface area contributed by atoms with Gasteiger partial charge in [0.15, 0.2) is 6.29 Å². The third kappa shape index (κ3) is 3.46. The number of benzene rings is 1. The van der Waals surface area contributed by atoms with E-state index in [0.29, 0.717) is 0 Å². The Morgan fingerprint density at radius 3 is 2.85 bits per heavy atom. The molecule has 4 nitrogen and oxygen atoms in total. The summed E-state index contributed by atoms with van der Waals surface area (Å²) in [7, 11) is 0. The summed E-state index contributed by atoms with van der Waals surface area (Å²) in [4.78, 5) is 11.4. The normalized spacial score (nSPS) is 14.3. The topological polar surface area (TPSA) is 60.0 Å². The molecule has 0 saturated carbocycles. The van der Waals surface area contributed by atoms with Crippen LogP contribution in [0.4, 0.5) is 0 Å². The summed E-state index contributed by atoms with van der Waals surface area (Å²) in [5, 5.41) is 4.32. The molecule has 1 aromatic carbocycles. The molecule has 20 heavy (non-hydrogen) atoms. The minimum Gasteiger partial charge on any atom is -0.325 e. The number of unbranched alkanes of at least 4 members (excludes halogenated alkanes) is 2. The molecule has 0 amide bonds. The lowest BCUT2D eigenvalue weighted by atomic mass is 10.2. The fraction of sp³-hybridized carbons (Fsp3) is 0.438. The molecule has 4 heteroatoms. The average molecular weight is 273 g/mol. The van der Waals surface area contributed by atoms with Gasteiger partial charge in [0, 0.05) is 11.7 Å². The molecule has 2 aromatic rings. The number of aldehydes is 1.